The first-order valence-electron chi connectivity index (χ1n) is 13.8. The van der Waals surface area contributed by atoms with Gasteiger partial charge in [-0.05, 0) is 30.5 Å². The second kappa shape index (κ2) is 15.3. The van der Waals surface area contributed by atoms with Crippen LogP contribution in [0.25, 0.3) is 0 Å². The first-order valence-corrected chi connectivity index (χ1v) is 13.8. The number of aliphatic hydroxyl groups is 2. The smallest absolute Gasteiger partial charge is 0.412 e. The first-order chi connectivity index (χ1) is 21.5. The Balaban J connectivity index is 1.31. The number of non-ortho nitro benzene ring substituents is 2. The van der Waals surface area contributed by atoms with Gasteiger partial charge in [0, 0.05) is 36.9 Å². The summed E-state index contributed by atoms with van der Waals surface area (Å²) in [4.78, 5) is 49.4. The van der Waals surface area contributed by atoms with Crippen molar-refractivity contribution in [2.45, 2.75) is 50.6 Å². The van der Waals surface area contributed by atoms with Crippen LogP contribution in [0.1, 0.15) is 24.3 Å². The van der Waals surface area contributed by atoms with Gasteiger partial charge in [-0.3, -0.25) is 30.1 Å². The average Bonchev–Trinajstić information content (AvgIpc) is 3.32. The molecule has 1 saturated heterocycles. The minimum Gasteiger partial charge on any atom is -0.449 e. The molecule has 3 aromatic rings. The highest BCUT2D eigenvalue weighted by atomic mass is 16.7. The van der Waals surface area contributed by atoms with E-state index in [4.69, 9.17) is 18.9 Å². The van der Waals surface area contributed by atoms with Gasteiger partial charge in [0.05, 0.1) is 29.7 Å². The van der Waals surface area contributed by atoms with Gasteiger partial charge >= 0.3 is 11.8 Å². The monoisotopic (exact) mass is 629 g/mol. The third kappa shape index (κ3) is 8.87. The van der Waals surface area contributed by atoms with E-state index in [2.05, 4.69) is 10.3 Å². The number of nitrogens with one attached hydrogen (secondary N) is 1. The van der Waals surface area contributed by atoms with Gasteiger partial charge in [-0.1, -0.05) is 24.3 Å². The highest BCUT2D eigenvalue weighted by Gasteiger charge is 2.46. The van der Waals surface area contributed by atoms with Crippen LogP contribution in [0.2, 0.25) is 0 Å². The van der Waals surface area contributed by atoms with Gasteiger partial charge in [0.1, 0.15) is 24.1 Å². The summed E-state index contributed by atoms with van der Waals surface area (Å²) in [5.41, 5.74) is 0.585. The molecule has 45 heavy (non-hydrogen) atoms. The van der Waals surface area contributed by atoms with E-state index < -0.39 is 59.1 Å². The van der Waals surface area contributed by atoms with Crippen molar-refractivity contribution in [1.29, 1.82) is 0 Å². The summed E-state index contributed by atoms with van der Waals surface area (Å²) in [7, 11) is 0. The Morgan fingerprint density at radius 2 is 1.60 bits per heavy atom. The number of amides is 1. The van der Waals surface area contributed by atoms with E-state index in [0.717, 1.165) is 15.7 Å². The minimum absolute atomic E-state index is 0.0265. The molecule has 1 aliphatic rings. The van der Waals surface area contributed by atoms with Crippen molar-refractivity contribution >= 4 is 23.3 Å². The number of nitrogens with zero attached hydrogens (tertiary/aromatic N) is 4. The molecule has 2 aromatic carbocycles. The zero-order valence-electron chi connectivity index (χ0n) is 24.0. The number of nitro benzene ring substituents is 2. The molecule has 5 atom stereocenters. The SMILES string of the molecule is CC(OCCc1ccc([N+](=O)[O-])cc1)OC1C(O)[C@@H](CO)O[C@H]1n1ccc(NC(=O)OCCc2ccc([N+](=O)[O-])cc2)nc1=O. The molecule has 3 unspecified atom stereocenters. The zero-order valence-corrected chi connectivity index (χ0v) is 24.0. The van der Waals surface area contributed by atoms with Crippen molar-refractivity contribution in [1.82, 2.24) is 9.55 Å². The van der Waals surface area contributed by atoms with Gasteiger partial charge in [-0.2, -0.15) is 4.98 Å². The standard InChI is InChI=1S/C28H31N5O12/c1-17(42-14-11-18-2-6-20(7-3-18)32(38)39)44-25-24(35)22(16-34)45-26(25)31-13-10-23(29-27(31)36)30-28(37)43-15-12-19-4-8-21(9-5-19)33(40)41/h2-10,13,17,22,24-26,34-35H,11-12,14-16H2,1H3,(H,29,30,36,37)/t17?,22-,24?,25?,26-/m1/s1. The fourth-order valence-corrected chi connectivity index (χ4v) is 4.49. The van der Waals surface area contributed by atoms with Crippen molar-refractivity contribution < 1.29 is 43.8 Å². The fourth-order valence-electron chi connectivity index (χ4n) is 4.49. The lowest BCUT2D eigenvalue weighted by Crippen LogP contribution is -2.40. The molecule has 0 radical (unpaired) electrons. The molecule has 1 aliphatic heterocycles. The Bertz CT molecular complexity index is 1530. The maximum atomic E-state index is 12.9. The highest BCUT2D eigenvalue weighted by Crippen LogP contribution is 2.32. The fraction of sp³-hybridized carbons (Fsp3) is 0.393. The summed E-state index contributed by atoms with van der Waals surface area (Å²) in [5.74, 6) is -0.116. The molecule has 2 heterocycles. The Morgan fingerprint density at radius 3 is 2.13 bits per heavy atom. The number of aliphatic hydroxyl groups excluding tert-OH is 2. The summed E-state index contributed by atoms with van der Waals surface area (Å²) in [6, 6.07) is 13.1. The predicted octanol–water partition coefficient (Wildman–Crippen LogP) is 2.09. The Morgan fingerprint density at radius 1 is 1.02 bits per heavy atom. The third-order valence-electron chi connectivity index (χ3n) is 6.84. The second-order valence-electron chi connectivity index (χ2n) is 9.89. The van der Waals surface area contributed by atoms with Crippen LogP contribution in [0.4, 0.5) is 22.0 Å². The Kier molecular flexibility index (Phi) is 11.2. The number of hydrogen-bond donors (Lipinski definition) is 3. The molecule has 4 rings (SSSR count). The molecule has 17 heteroatoms. The molecular formula is C28H31N5O12. The molecule has 1 amide bonds. The number of ether oxygens (including phenoxy) is 4. The number of anilines is 1. The lowest BCUT2D eigenvalue weighted by atomic mass is 10.1. The molecule has 240 valence electrons. The van der Waals surface area contributed by atoms with Crippen molar-refractivity contribution in [2.24, 2.45) is 0 Å². The van der Waals surface area contributed by atoms with Crippen LogP contribution in [0, 0.1) is 20.2 Å². The molecular weight excluding hydrogens is 598 g/mol. The summed E-state index contributed by atoms with van der Waals surface area (Å²) in [6.07, 6.45) is -4.48. The van der Waals surface area contributed by atoms with Crippen LogP contribution in [-0.2, 0) is 31.8 Å². The van der Waals surface area contributed by atoms with Crippen molar-refractivity contribution in [3.8, 4) is 0 Å². The van der Waals surface area contributed by atoms with E-state index in [-0.39, 0.29) is 30.4 Å². The molecule has 1 aromatic heterocycles. The van der Waals surface area contributed by atoms with E-state index in [0.29, 0.717) is 12.8 Å². The van der Waals surface area contributed by atoms with Crippen molar-refractivity contribution in [3.05, 3.63) is 103 Å². The minimum atomic E-state index is -1.32. The maximum absolute atomic E-state index is 12.9. The van der Waals surface area contributed by atoms with Crippen LogP contribution in [-0.4, -0.2) is 80.1 Å². The molecule has 3 N–H and O–H groups in total. The molecule has 0 aliphatic carbocycles. The number of carbonyl (C=O) groups is 1. The molecule has 17 nitrogen and oxygen atoms in total. The number of carbonyl (C=O) groups excluding carboxylic acids is 1. The normalized spacial score (nSPS) is 20.0. The van der Waals surface area contributed by atoms with Crippen LogP contribution >= 0.6 is 0 Å². The number of hydrogen-bond acceptors (Lipinski definition) is 13. The van der Waals surface area contributed by atoms with E-state index in [1.54, 1.807) is 31.2 Å². The zero-order chi connectivity index (χ0) is 32.5. The highest BCUT2D eigenvalue weighted by molar-refractivity contribution is 5.83. The van der Waals surface area contributed by atoms with E-state index in [9.17, 15) is 40.0 Å². The van der Waals surface area contributed by atoms with Gasteiger partial charge in [-0.25, -0.2) is 9.59 Å². The van der Waals surface area contributed by atoms with Crippen molar-refractivity contribution in [3.63, 3.8) is 0 Å². The number of rotatable bonds is 14. The second-order valence-corrected chi connectivity index (χ2v) is 9.89. The number of benzene rings is 2. The molecule has 0 saturated carbocycles. The molecule has 1 fully saturated rings. The lowest BCUT2D eigenvalue weighted by Gasteiger charge is -2.25. The maximum Gasteiger partial charge on any atom is 0.412 e. The van der Waals surface area contributed by atoms with Crippen molar-refractivity contribution in [2.75, 3.05) is 25.1 Å². The van der Waals surface area contributed by atoms with Gasteiger partial charge in [-0.15, -0.1) is 0 Å². The topological polar surface area (TPSA) is 228 Å². The Labute approximate surface area is 255 Å². The van der Waals surface area contributed by atoms with Gasteiger partial charge in [0.25, 0.3) is 11.4 Å². The third-order valence-corrected chi connectivity index (χ3v) is 6.84. The quantitative estimate of drug-likeness (QED) is 0.132. The van der Waals surface area contributed by atoms with E-state index in [1.165, 1.54) is 36.5 Å². The Hall–Kier alpha value is -4.81. The first kappa shape index (κ1) is 33.1. The summed E-state index contributed by atoms with van der Waals surface area (Å²) in [5, 5.41) is 44.3. The predicted molar refractivity (Wildman–Crippen MR) is 154 cm³/mol. The molecule has 0 spiro atoms. The van der Waals surface area contributed by atoms with E-state index >= 15 is 0 Å². The number of nitro groups is 2. The van der Waals surface area contributed by atoms with Gasteiger partial charge in [0.15, 0.2) is 12.5 Å². The number of aromatic nitrogens is 2. The van der Waals surface area contributed by atoms with E-state index in [1.807, 2.05) is 0 Å². The largest absolute Gasteiger partial charge is 0.449 e. The lowest BCUT2D eigenvalue weighted by molar-refractivity contribution is -0.385. The van der Waals surface area contributed by atoms with Crippen LogP contribution in [0.3, 0.4) is 0 Å². The molecule has 0 bridgehead atoms. The average molecular weight is 630 g/mol. The summed E-state index contributed by atoms with van der Waals surface area (Å²) < 4.78 is 23.3. The van der Waals surface area contributed by atoms with Gasteiger partial charge < -0.3 is 29.2 Å². The van der Waals surface area contributed by atoms with Gasteiger partial charge in [0.2, 0.25) is 0 Å². The summed E-state index contributed by atoms with van der Waals surface area (Å²) in [6.45, 7) is 1.17. The summed E-state index contributed by atoms with van der Waals surface area (Å²) >= 11 is 0. The van der Waals surface area contributed by atoms with Crippen LogP contribution in [0.5, 0.6) is 0 Å². The van der Waals surface area contributed by atoms with Crippen LogP contribution < -0.4 is 11.0 Å². The van der Waals surface area contributed by atoms with Crippen LogP contribution in [0.15, 0.2) is 65.6 Å².